The predicted octanol–water partition coefficient (Wildman–Crippen LogP) is 2.41. The Kier molecular flexibility index (Phi) is 6.36. The van der Waals surface area contributed by atoms with E-state index in [9.17, 15) is 14.4 Å². The highest BCUT2D eigenvalue weighted by Crippen LogP contribution is 2.22. The molecule has 1 heterocycles. The smallest absolute Gasteiger partial charge is 0.426 e. The van der Waals surface area contributed by atoms with E-state index in [0.717, 1.165) is 0 Å². The number of carbonyl (C=O) groups excluding carboxylic acids is 3. The first-order valence-corrected chi connectivity index (χ1v) is 6.14. The van der Waals surface area contributed by atoms with Gasteiger partial charge in [0.05, 0.1) is 0 Å². The van der Waals surface area contributed by atoms with E-state index >= 15 is 0 Å². The molecule has 0 spiro atoms. The van der Waals surface area contributed by atoms with Gasteiger partial charge in [-0.2, -0.15) is 4.90 Å². The molecule has 1 aliphatic heterocycles. The number of hydrogen-bond donors (Lipinski definition) is 1. The van der Waals surface area contributed by atoms with Gasteiger partial charge in [-0.1, -0.05) is 39.5 Å². The molecule has 0 atom stereocenters. The third kappa shape index (κ3) is 4.35. The van der Waals surface area contributed by atoms with Gasteiger partial charge in [0.2, 0.25) is 0 Å². The second kappa shape index (κ2) is 6.98. The number of urea groups is 1. The van der Waals surface area contributed by atoms with Crippen molar-refractivity contribution < 1.29 is 19.1 Å². The highest BCUT2D eigenvalue weighted by molar-refractivity contribution is 6.14. The molecular formula is C12H22N2O4. The van der Waals surface area contributed by atoms with Gasteiger partial charge in [-0.15, -0.1) is 0 Å². The first kappa shape index (κ1) is 16.4. The molecule has 0 bridgehead atoms. The molecule has 0 saturated carbocycles. The maximum atomic E-state index is 11.2. The number of primary amides is 1. The van der Waals surface area contributed by atoms with E-state index in [0.29, 0.717) is 0 Å². The summed E-state index contributed by atoms with van der Waals surface area (Å²) in [6, 6.07) is -1.12. The normalized spacial score (nSPS) is 17.0. The average Bonchev–Trinajstić information content (AvgIpc) is 2.46. The van der Waals surface area contributed by atoms with E-state index in [1.54, 1.807) is 0 Å². The van der Waals surface area contributed by atoms with Crippen LogP contribution in [0.15, 0.2) is 0 Å². The molecule has 0 aromatic heterocycles. The molecule has 6 heteroatoms. The lowest BCUT2D eigenvalue weighted by atomic mass is 10.1. The van der Waals surface area contributed by atoms with Gasteiger partial charge in [0.25, 0.3) is 5.91 Å². The molecule has 0 aromatic carbocycles. The number of ether oxygens (including phenoxy) is 1. The summed E-state index contributed by atoms with van der Waals surface area (Å²) in [5.41, 5.74) is 3.48. The minimum Gasteiger partial charge on any atom is -0.433 e. The second-order valence-corrected chi connectivity index (χ2v) is 4.56. The molecule has 1 fully saturated rings. The Hall–Kier alpha value is -1.59. The van der Waals surface area contributed by atoms with Gasteiger partial charge in [0.15, 0.2) is 5.60 Å². The third-order valence-electron chi connectivity index (χ3n) is 2.42. The van der Waals surface area contributed by atoms with E-state index in [2.05, 4.69) is 18.6 Å². The maximum absolute atomic E-state index is 11.2. The Labute approximate surface area is 107 Å². The number of nitrogens with two attached hydrogens (primary N) is 1. The Morgan fingerprint density at radius 3 is 1.83 bits per heavy atom. The quantitative estimate of drug-likeness (QED) is 0.787. The lowest BCUT2D eigenvalue weighted by Crippen LogP contribution is -2.43. The van der Waals surface area contributed by atoms with Crippen molar-refractivity contribution in [3.8, 4) is 0 Å². The van der Waals surface area contributed by atoms with E-state index in [1.165, 1.54) is 39.5 Å². The van der Waals surface area contributed by atoms with Crippen LogP contribution in [0.2, 0.25) is 0 Å². The van der Waals surface area contributed by atoms with Crippen LogP contribution in [0, 0.1) is 0 Å². The first-order chi connectivity index (χ1) is 8.27. The zero-order chi connectivity index (χ0) is 14.3. The van der Waals surface area contributed by atoms with Crippen LogP contribution in [-0.2, 0) is 9.53 Å². The zero-order valence-corrected chi connectivity index (χ0v) is 11.5. The number of imide groups is 3. The minimum absolute atomic E-state index is 0.278. The minimum atomic E-state index is -1.29. The van der Waals surface area contributed by atoms with Crippen LogP contribution in [0.3, 0.4) is 0 Å². The molecule has 1 rings (SSSR count). The van der Waals surface area contributed by atoms with E-state index < -0.39 is 23.6 Å². The van der Waals surface area contributed by atoms with Crippen molar-refractivity contribution in [2.45, 2.75) is 59.0 Å². The van der Waals surface area contributed by atoms with Crippen molar-refractivity contribution in [1.29, 1.82) is 0 Å². The highest BCUT2D eigenvalue weighted by atomic mass is 16.6. The third-order valence-corrected chi connectivity index (χ3v) is 2.42. The van der Waals surface area contributed by atoms with Gasteiger partial charge in [-0.25, -0.2) is 9.59 Å². The summed E-state index contributed by atoms with van der Waals surface area (Å²) in [7, 11) is 0. The largest absolute Gasteiger partial charge is 0.433 e. The summed E-state index contributed by atoms with van der Waals surface area (Å²) >= 11 is 0. The molecule has 0 aliphatic carbocycles. The fraction of sp³-hybridized carbons (Fsp3) is 0.750. The summed E-state index contributed by atoms with van der Waals surface area (Å²) in [6.45, 7) is 7.23. The Morgan fingerprint density at radius 1 is 1.22 bits per heavy atom. The van der Waals surface area contributed by atoms with Crippen molar-refractivity contribution in [1.82, 2.24) is 4.90 Å². The van der Waals surface area contributed by atoms with Crippen LogP contribution in [0.1, 0.15) is 53.4 Å². The van der Waals surface area contributed by atoms with E-state index in [1.807, 2.05) is 0 Å². The fourth-order valence-electron chi connectivity index (χ4n) is 1.35. The van der Waals surface area contributed by atoms with Crippen LogP contribution in [0.5, 0.6) is 0 Å². The predicted molar refractivity (Wildman–Crippen MR) is 66.8 cm³/mol. The number of nitrogens with zero attached hydrogens (tertiary/aromatic N) is 1. The van der Waals surface area contributed by atoms with Crippen LogP contribution in [0.25, 0.3) is 0 Å². The molecule has 0 unspecified atom stereocenters. The summed E-state index contributed by atoms with van der Waals surface area (Å²) in [4.78, 5) is 32.8. The van der Waals surface area contributed by atoms with Gasteiger partial charge >= 0.3 is 12.1 Å². The average molecular weight is 258 g/mol. The second-order valence-electron chi connectivity index (χ2n) is 4.56. The lowest BCUT2D eigenvalue weighted by Gasteiger charge is -2.10. The Bertz CT molecular complexity index is 322. The van der Waals surface area contributed by atoms with E-state index in [-0.39, 0.29) is 4.90 Å². The van der Waals surface area contributed by atoms with Gasteiger partial charge in [0.1, 0.15) is 0 Å². The molecule has 1 aliphatic rings. The van der Waals surface area contributed by atoms with Crippen molar-refractivity contribution in [2.75, 3.05) is 0 Å². The number of cyclic esters (lactones) is 1. The van der Waals surface area contributed by atoms with Crippen molar-refractivity contribution >= 4 is 18.0 Å². The van der Waals surface area contributed by atoms with Gasteiger partial charge in [0, 0.05) is 0 Å². The van der Waals surface area contributed by atoms with Gasteiger partial charge < -0.3 is 10.5 Å². The number of unbranched alkanes of at least 4 members (excludes halogenated alkanes) is 3. The molecule has 4 amide bonds. The highest BCUT2D eigenvalue weighted by Gasteiger charge is 2.49. The molecule has 0 radical (unpaired) electrons. The van der Waals surface area contributed by atoms with Crippen LogP contribution < -0.4 is 5.73 Å². The molecule has 2 N–H and O–H groups in total. The SMILES string of the molecule is CC1(C)OC(=O)N(C(N)=O)C1=O.CCCCCC. The zero-order valence-electron chi connectivity index (χ0n) is 11.5. The van der Waals surface area contributed by atoms with Crippen molar-refractivity contribution in [3.05, 3.63) is 0 Å². The molecule has 0 aromatic rings. The summed E-state index contributed by atoms with van der Waals surface area (Å²) in [5.74, 6) is -0.736. The fourth-order valence-corrected chi connectivity index (χ4v) is 1.35. The number of rotatable bonds is 3. The lowest BCUT2D eigenvalue weighted by molar-refractivity contribution is -0.132. The monoisotopic (exact) mass is 258 g/mol. The number of carbonyl (C=O) groups is 3. The summed E-state index contributed by atoms with van der Waals surface area (Å²) < 4.78 is 4.57. The number of amides is 4. The molecule has 104 valence electrons. The van der Waals surface area contributed by atoms with Crippen LogP contribution in [-0.4, -0.2) is 28.5 Å². The molecule has 6 nitrogen and oxygen atoms in total. The van der Waals surface area contributed by atoms with Crippen molar-refractivity contribution in [2.24, 2.45) is 5.73 Å². The van der Waals surface area contributed by atoms with Gasteiger partial charge in [-0.05, 0) is 13.8 Å². The van der Waals surface area contributed by atoms with Crippen molar-refractivity contribution in [3.63, 3.8) is 0 Å². The number of hydrogen-bond acceptors (Lipinski definition) is 4. The first-order valence-electron chi connectivity index (χ1n) is 6.14. The summed E-state index contributed by atoms with van der Waals surface area (Å²) in [6.07, 6.45) is 4.52. The molecule has 18 heavy (non-hydrogen) atoms. The van der Waals surface area contributed by atoms with Crippen LogP contribution >= 0.6 is 0 Å². The summed E-state index contributed by atoms with van der Waals surface area (Å²) in [5, 5.41) is 0. The van der Waals surface area contributed by atoms with E-state index in [4.69, 9.17) is 5.73 Å². The maximum Gasteiger partial charge on any atom is 0.426 e. The van der Waals surface area contributed by atoms with Gasteiger partial charge in [-0.3, -0.25) is 4.79 Å². The molecule has 1 saturated heterocycles. The Balaban J connectivity index is 0.000000411. The Morgan fingerprint density at radius 2 is 1.67 bits per heavy atom. The topological polar surface area (TPSA) is 89.7 Å². The molecular weight excluding hydrogens is 236 g/mol. The van der Waals surface area contributed by atoms with Crippen LogP contribution in [0.4, 0.5) is 9.59 Å². The standard InChI is InChI=1S/C6H8N2O4.C6H14/c1-6(2)3(9)8(4(7)10)5(11)12-6;1-3-5-6-4-2/h1-2H3,(H2,7,10);3-6H2,1-2H3.